The first-order valence-electron chi connectivity index (χ1n) is 5.26. The maximum atomic E-state index is 12.9. The number of pyridine rings is 1. The van der Waals surface area contributed by atoms with Crippen LogP contribution in [0.15, 0.2) is 42.7 Å². The van der Waals surface area contributed by atoms with Crippen molar-refractivity contribution in [3.63, 3.8) is 0 Å². The van der Waals surface area contributed by atoms with Crippen LogP contribution >= 0.6 is 15.9 Å². The lowest BCUT2D eigenvalue weighted by molar-refractivity contribution is 0.102. The van der Waals surface area contributed by atoms with Gasteiger partial charge in [0, 0.05) is 17.2 Å². The van der Waals surface area contributed by atoms with Crippen LogP contribution in [-0.4, -0.2) is 10.9 Å². The third-order valence-electron chi connectivity index (χ3n) is 2.31. The van der Waals surface area contributed by atoms with E-state index in [1.54, 1.807) is 6.07 Å². The van der Waals surface area contributed by atoms with E-state index in [1.165, 1.54) is 6.20 Å². The Labute approximate surface area is 112 Å². The Morgan fingerprint density at radius 1 is 1.33 bits per heavy atom. The molecule has 0 spiro atoms. The first kappa shape index (κ1) is 12.7. The highest BCUT2D eigenvalue weighted by molar-refractivity contribution is 9.08. The molecule has 0 fully saturated rings. The fourth-order valence-electron chi connectivity index (χ4n) is 1.47. The highest BCUT2D eigenvalue weighted by atomic mass is 79.9. The zero-order valence-electron chi connectivity index (χ0n) is 9.36. The molecule has 0 radical (unpaired) electrons. The van der Waals surface area contributed by atoms with Crippen LogP contribution < -0.4 is 5.32 Å². The third-order valence-corrected chi connectivity index (χ3v) is 2.95. The van der Waals surface area contributed by atoms with Crippen molar-refractivity contribution < 1.29 is 9.18 Å². The van der Waals surface area contributed by atoms with Gasteiger partial charge < -0.3 is 5.32 Å². The van der Waals surface area contributed by atoms with Crippen LogP contribution in [0.5, 0.6) is 0 Å². The van der Waals surface area contributed by atoms with Gasteiger partial charge in [0.1, 0.15) is 5.82 Å². The van der Waals surface area contributed by atoms with Gasteiger partial charge in [0.05, 0.1) is 11.8 Å². The van der Waals surface area contributed by atoms with Gasteiger partial charge in [-0.2, -0.15) is 0 Å². The zero-order chi connectivity index (χ0) is 13.0. The Balaban J connectivity index is 2.16. The first-order valence-corrected chi connectivity index (χ1v) is 6.38. The molecule has 0 aliphatic carbocycles. The van der Waals surface area contributed by atoms with Crippen LogP contribution in [0.25, 0.3) is 0 Å². The highest BCUT2D eigenvalue weighted by Crippen LogP contribution is 2.14. The SMILES string of the molecule is O=C(Nc1cccc(CBr)c1)c1cncc(F)c1. The number of hydrogen-bond acceptors (Lipinski definition) is 2. The summed E-state index contributed by atoms with van der Waals surface area (Å²) in [7, 11) is 0. The summed E-state index contributed by atoms with van der Waals surface area (Å²) >= 11 is 3.34. The van der Waals surface area contributed by atoms with Crippen LogP contribution in [-0.2, 0) is 5.33 Å². The van der Waals surface area contributed by atoms with Gasteiger partial charge in [-0.15, -0.1) is 0 Å². The maximum Gasteiger partial charge on any atom is 0.257 e. The van der Waals surface area contributed by atoms with Crippen LogP contribution in [0.2, 0.25) is 0 Å². The van der Waals surface area contributed by atoms with E-state index in [4.69, 9.17) is 0 Å². The van der Waals surface area contributed by atoms with E-state index in [-0.39, 0.29) is 11.5 Å². The molecule has 1 amide bonds. The Morgan fingerprint density at radius 2 is 2.17 bits per heavy atom. The summed E-state index contributed by atoms with van der Waals surface area (Å²) in [5.74, 6) is -0.911. The van der Waals surface area contributed by atoms with E-state index < -0.39 is 5.82 Å². The molecule has 0 unspecified atom stereocenters. The van der Waals surface area contributed by atoms with Gasteiger partial charge in [-0.05, 0) is 23.8 Å². The average Bonchev–Trinajstić information content (AvgIpc) is 2.39. The van der Waals surface area contributed by atoms with Crippen molar-refractivity contribution in [2.45, 2.75) is 5.33 Å². The minimum absolute atomic E-state index is 0.194. The number of hydrogen-bond donors (Lipinski definition) is 1. The number of anilines is 1. The molecule has 2 aromatic rings. The number of carbonyl (C=O) groups is 1. The molecule has 0 saturated heterocycles. The number of carbonyl (C=O) groups excluding carboxylic acids is 1. The molecule has 1 heterocycles. The molecular formula is C13H10BrFN2O. The molecule has 2 rings (SSSR count). The average molecular weight is 309 g/mol. The molecule has 1 aromatic carbocycles. The number of alkyl halides is 1. The fraction of sp³-hybridized carbons (Fsp3) is 0.0769. The Morgan fingerprint density at radius 3 is 2.89 bits per heavy atom. The number of benzene rings is 1. The zero-order valence-corrected chi connectivity index (χ0v) is 10.9. The van der Waals surface area contributed by atoms with Gasteiger partial charge in [0.25, 0.3) is 5.91 Å². The van der Waals surface area contributed by atoms with Gasteiger partial charge in [0.15, 0.2) is 0 Å². The second-order valence-corrected chi connectivity index (χ2v) is 4.24. The van der Waals surface area contributed by atoms with Gasteiger partial charge in [-0.1, -0.05) is 28.1 Å². The summed E-state index contributed by atoms with van der Waals surface area (Å²) in [6, 6.07) is 8.55. The van der Waals surface area contributed by atoms with Crippen molar-refractivity contribution in [3.8, 4) is 0 Å². The fourth-order valence-corrected chi connectivity index (χ4v) is 1.82. The molecule has 0 saturated carbocycles. The van der Waals surface area contributed by atoms with Crippen molar-refractivity contribution in [1.29, 1.82) is 0 Å². The van der Waals surface area contributed by atoms with Crippen LogP contribution in [0, 0.1) is 5.82 Å². The predicted octanol–water partition coefficient (Wildman–Crippen LogP) is 3.37. The normalized spacial score (nSPS) is 10.1. The quantitative estimate of drug-likeness (QED) is 0.883. The molecule has 0 aliphatic rings. The summed E-state index contributed by atoms with van der Waals surface area (Å²) in [6.07, 6.45) is 2.38. The van der Waals surface area contributed by atoms with Crippen molar-refractivity contribution in [2.24, 2.45) is 0 Å². The minimum atomic E-state index is -0.531. The van der Waals surface area contributed by atoms with Gasteiger partial charge in [-0.3, -0.25) is 9.78 Å². The second-order valence-electron chi connectivity index (χ2n) is 3.68. The summed E-state index contributed by atoms with van der Waals surface area (Å²) in [5.41, 5.74) is 1.91. The molecule has 1 N–H and O–H groups in total. The third kappa shape index (κ3) is 3.13. The molecule has 18 heavy (non-hydrogen) atoms. The van der Waals surface area contributed by atoms with Crippen molar-refractivity contribution in [3.05, 3.63) is 59.7 Å². The molecular weight excluding hydrogens is 299 g/mol. The Bertz CT molecular complexity index is 574. The lowest BCUT2D eigenvalue weighted by atomic mass is 10.2. The molecule has 92 valence electrons. The van der Waals surface area contributed by atoms with Gasteiger partial charge >= 0.3 is 0 Å². The highest BCUT2D eigenvalue weighted by Gasteiger charge is 2.07. The molecule has 1 aromatic heterocycles. The van der Waals surface area contributed by atoms with E-state index in [1.807, 2.05) is 18.2 Å². The lowest BCUT2D eigenvalue weighted by Crippen LogP contribution is -2.12. The molecule has 0 aliphatic heterocycles. The molecule has 5 heteroatoms. The first-order chi connectivity index (χ1) is 8.69. The Hall–Kier alpha value is -1.75. The van der Waals surface area contributed by atoms with Crippen molar-refractivity contribution >= 4 is 27.5 Å². The molecule has 3 nitrogen and oxygen atoms in total. The number of aromatic nitrogens is 1. The van der Waals surface area contributed by atoms with Crippen LogP contribution in [0.1, 0.15) is 15.9 Å². The number of nitrogens with zero attached hydrogens (tertiary/aromatic N) is 1. The minimum Gasteiger partial charge on any atom is -0.322 e. The lowest BCUT2D eigenvalue weighted by Gasteiger charge is -2.06. The second kappa shape index (κ2) is 5.73. The van der Waals surface area contributed by atoms with E-state index in [0.717, 1.165) is 17.8 Å². The van der Waals surface area contributed by atoms with Crippen molar-refractivity contribution in [1.82, 2.24) is 4.98 Å². The van der Waals surface area contributed by atoms with Crippen molar-refractivity contribution in [2.75, 3.05) is 5.32 Å². The number of amides is 1. The molecule has 0 bridgehead atoms. The summed E-state index contributed by atoms with van der Waals surface area (Å²) in [4.78, 5) is 15.5. The van der Waals surface area contributed by atoms with E-state index in [2.05, 4.69) is 26.2 Å². The Kier molecular flexibility index (Phi) is 4.04. The smallest absolute Gasteiger partial charge is 0.257 e. The van der Waals surface area contributed by atoms with Gasteiger partial charge in [0.2, 0.25) is 0 Å². The number of nitrogens with one attached hydrogen (secondary N) is 1. The van der Waals surface area contributed by atoms with Gasteiger partial charge in [-0.25, -0.2) is 4.39 Å². The topological polar surface area (TPSA) is 42.0 Å². The predicted molar refractivity (Wildman–Crippen MR) is 71.2 cm³/mol. The summed E-state index contributed by atoms with van der Waals surface area (Å²) in [5, 5.41) is 3.40. The van der Waals surface area contributed by atoms with E-state index >= 15 is 0 Å². The monoisotopic (exact) mass is 308 g/mol. The largest absolute Gasteiger partial charge is 0.322 e. The van der Waals surface area contributed by atoms with E-state index in [0.29, 0.717) is 11.0 Å². The maximum absolute atomic E-state index is 12.9. The van der Waals surface area contributed by atoms with E-state index in [9.17, 15) is 9.18 Å². The molecule has 0 atom stereocenters. The standard InChI is InChI=1S/C13H10BrFN2O/c14-6-9-2-1-3-12(4-9)17-13(18)10-5-11(15)8-16-7-10/h1-5,7-8H,6H2,(H,17,18). The van der Waals surface area contributed by atoms with Crippen LogP contribution in [0.3, 0.4) is 0 Å². The summed E-state index contributed by atoms with van der Waals surface area (Å²) in [6.45, 7) is 0. The van der Waals surface area contributed by atoms with Crippen LogP contribution in [0.4, 0.5) is 10.1 Å². The number of rotatable bonds is 3. The summed E-state index contributed by atoms with van der Waals surface area (Å²) < 4.78 is 12.9. The number of halogens is 2.